The van der Waals surface area contributed by atoms with E-state index >= 15 is 0 Å². The summed E-state index contributed by atoms with van der Waals surface area (Å²) < 4.78 is 2.57. The summed E-state index contributed by atoms with van der Waals surface area (Å²) in [6.07, 6.45) is 2.07. The molecule has 0 saturated heterocycles. The first-order chi connectivity index (χ1) is 6.76. The van der Waals surface area contributed by atoms with Gasteiger partial charge in [0.15, 0.2) is 0 Å². The van der Waals surface area contributed by atoms with Crippen molar-refractivity contribution in [3.8, 4) is 6.07 Å². The second-order valence-corrected chi connectivity index (χ2v) is 6.41. The van der Waals surface area contributed by atoms with Gasteiger partial charge in [-0.2, -0.15) is 5.26 Å². The Morgan fingerprint density at radius 1 is 1.50 bits per heavy atom. The summed E-state index contributed by atoms with van der Waals surface area (Å²) in [4.78, 5) is 1.29. The molecular formula is C10H6INS2. The number of rotatable bonds is 1. The Balaban J connectivity index is 2.79. The molecule has 14 heavy (non-hydrogen) atoms. The molecule has 4 heteroatoms. The van der Waals surface area contributed by atoms with E-state index in [-0.39, 0.29) is 0 Å². The second kappa shape index (κ2) is 4.09. The van der Waals surface area contributed by atoms with E-state index < -0.39 is 0 Å². The maximum absolute atomic E-state index is 8.81. The van der Waals surface area contributed by atoms with Crippen molar-refractivity contribution >= 4 is 55.8 Å². The number of halogens is 1. The number of thioether (sulfide) groups is 1. The van der Waals surface area contributed by atoms with Gasteiger partial charge in [-0.1, -0.05) is 0 Å². The zero-order chi connectivity index (χ0) is 10.1. The molecule has 0 unspecified atom stereocenters. The van der Waals surface area contributed by atoms with Gasteiger partial charge < -0.3 is 0 Å². The van der Waals surface area contributed by atoms with Crippen LogP contribution in [0.1, 0.15) is 5.56 Å². The highest BCUT2D eigenvalue weighted by Crippen LogP contribution is 2.38. The summed E-state index contributed by atoms with van der Waals surface area (Å²) in [6.45, 7) is 0. The molecule has 0 spiro atoms. The number of hydrogen-bond acceptors (Lipinski definition) is 3. The topological polar surface area (TPSA) is 23.8 Å². The van der Waals surface area contributed by atoms with Crippen LogP contribution in [-0.2, 0) is 0 Å². The van der Waals surface area contributed by atoms with E-state index in [2.05, 4.69) is 34.9 Å². The molecule has 0 atom stereocenters. The van der Waals surface area contributed by atoms with E-state index in [1.165, 1.54) is 17.9 Å². The van der Waals surface area contributed by atoms with Gasteiger partial charge in [0.05, 0.1) is 14.5 Å². The van der Waals surface area contributed by atoms with Gasteiger partial charge >= 0.3 is 0 Å². The van der Waals surface area contributed by atoms with Crippen molar-refractivity contribution in [1.82, 2.24) is 0 Å². The number of benzene rings is 1. The van der Waals surface area contributed by atoms with Crippen molar-refractivity contribution in [2.75, 3.05) is 6.26 Å². The second-order valence-electron chi connectivity index (χ2n) is 2.73. The van der Waals surface area contributed by atoms with Crippen LogP contribution < -0.4 is 0 Å². The monoisotopic (exact) mass is 331 g/mol. The number of nitriles is 1. The lowest BCUT2D eigenvalue weighted by molar-refractivity contribution is 1.49. The van der Waals surface area contributed by atoms with Gasteiger partial charge in [-0.3, -0.25) is 0 Å². The first-order valence-electron chi connectivity index (χ1n) is 3.92. The molecule has 1 aromatic heterocycles. The van der Waals surface area contributed by atoms with Gasteiger partial charge in [0.2, 0.25) is 0 Å². The van der Waals surface area contributed by atoms with Crippen LogP contribution in [0.2, 0.25) is 0 Å². The summed E-state index contributed by atoms with van der Waals surface area (Å²) in [5.41, 5.74) is 0.738. The highest BCUT2D eigenvalue weighted by Gasteiger charge is 2.09. The average Bonchev–Trinajstić information content (AvgIpc) is 2.52. The van der Waals surface area contributed by atoms with Crippen molar-refractivity contribution in [2.24, 2.45) is 0 Å². The maximum Gasteiger partial charge on any atom is 0.0991 e. The van der Waals surface area contributed by atoms with Crippen LogP contribution in [0.5, 0.6) is 0 Å². The van der Waals surface area contributed by atoms with Crippen LogP contribution in [-0.4, -0.2) is 6.26 Å². The Hall–Kier alpha value is -0.250. The van der Waals surface area contributed by atoms with Crippen molar-refractivity contribution in [3.05, 3.63) is 26.6 Å². The average molecular weight is 331 g/mol. The molecule has 1 nitrogen and oxygen atoms in total. The predicted octanol–water partition coefficient (Wildman–Crippen LogP) is 4.10. The molecule has 0 amide bonds. The van der Waals surface area contributed by atoms with E-state index in [9.17, 15) is 0 Å². The summed E-state index contributed by atoms with van der Waals surface area (Å²) in [7, 11) is 0. The van der Waals surface area contributed by atoms with Gasteiger partial charge in [0.1, 0.15) is 0 Å². The largest absolute Gasteiger partial charge is 0.192 e. The minimum Gasteiger partial charge on any atom is -0.192 e. The van der Waals surface area contributed by atoms with Crippen LogP contribution in [0, 0.1) is 14.2 Å². The molecule has 70 valence electrons. The van der Waals surface area contributed by atoms with Crippen LogP contribution in [0.15, 0.2) is 23.1 Å². The molecule has 0 bridgehead atoms. The van der Waals surface area contributed by atoms with Gasteiger partial charge in [-0.05, 0) is 47.0 Å². The van der Waals surface area contributed by atoms with E-state index in [0.717, 1.165) is 5.56 Å². The molecule has 0 saturated carbocycles. The fourth-order valence-electron chi connectivity index (χ4n) is 1.30. The van der Waals surface area contributed by atoms with Crippen LogP contribution in [0.4, 0.5) is 0 Å². The summed E-state index contributed by atoms with van der Waals surface area (Å²) in [6, 6.07) is 8.05. The number of nitrogens with zero attached hydrogens (tertiary/aromatic N) is 1. The van der Waals surface area contributed by atoms with Crippen LogP contribution in [0.25, 0.3) is 10.1 Å². The lowest BCUT2D eigenvalue weighted by atomic mass is 10.2. The minimum atomic E-state index is 0.738. The molecule has 0 fully saturated rings. The standard InChI is InChI=1S/C10H6INS2/c1-13-9-7-4-6(5-12)2-3-8(7)14-10(9)11/h2-4H,1H3. The number of hydrogen-bond donors (Lipinski definition) is 0. The van der Waals surface area contributed by atoms with Crippen LogP contribution in [0.3, 0.4) is 0 Å². The normalized spacial score (nSPS) is 10.4. The van der Waals surface area contributed by atoms with E-state index in [1.807, 2.05) is 18.2 Å². The summed E-state index contributed by atoms with van der Waals surface area (Å²) >= 11 is 5.88. The fraction of sp³-hybridized carbons (Fsp3) is 0.100. The summed E-state index contributed by atoms with van der Waals surface area (Å²) in [5.74, 6) is 0. The van der Waals surface area contributed by atoms with E-state index in [0.29, 0.717) is 0 Å². The highest BCUT2D eigenvalue weighted by atomic mass is 127. The Morgan fingerprint density at radius 2 is 2.29 bits per heavy atom. The molecule has 1 heterocycles. The Morgan fingerprint density at radius 3 is 2.93 bits per heavy atom. The predicted molar refractivity (Wildman–Crippen MR) is 71.0 cm³/mol. The Kier molecular flexibility index (Phi) is 3.00. The summed E-state index contributed by atoms with van der Waals surface area (Å²) in [5, 5.41) is 10.0. The number of thiophene rings is 1. The first-order valence-corrected chi connectivity index (χ1v) is 7.04. The zero-order valence-electron chi connectivity index (χ0n) is 7.37. The third-order valence-corrected chi connectivity index (χ3v) is 5.42. The SMILES string of the molecule is CSc1c(I)sc2ccc(C#N)cc12. The van der Waals surface area contributed by atoms with Gasteiger partial charge in [-0.15, -0.1) is 23.1 Å². The fourth-order valence-corrected chi connectivity index (χ4v) is 4.76. The molecule has 0 aliphatic carbocycles. The third kappa shape index (κ3) is 1.64. The van der Waals surface area contributed by atoms with Crippen molar-refractivity contribution in [1.29, 1.82) is 5.26 Å². The Bertz CT molecular complexity index is 525. The van der Waals surface area contributed by atoms with Gasteiger partial charge in [-0.25, -0.2) is 0 Å². The van der Waals surface area contributed by atoms with E-state index in [4.69, 9.17) is 5.26 Å². The van der Waals surface area contributed by atoms with Crippen molar-refractivity contribution < 1.29 is 0 Å². The molecular weight excluding hydrogens is 325 g/mol. The maximum atomic E-state index is 8.81. The van der Waals surface area contributed by atoms with Crippen LogP contribution >= 0.6 is 45.7 Å². The molecule has 1 aromatic carbocycles. The van der Waals surface area contributed by atoms with Gasteiger partial charge in [0.25, 0.3) is 0 Å². The quantitative estimate of drug-likeness (QED) is 0.580. The van der Waals surface area contributed by atoms with E-state index in [1.54, 1.807) is 23.1 Å². The molecule has 0 aliphatic rings. The lowest BCUT2D eigenvalue weighted by Gasteiger charge is -1.94. The van der Waals surface area contributed by atoms with Crippen molar-refractivity contribution in [3.63, 3.8) is 0 Å². The lowest BCUT2D eigenvalue weighted by Crippen LogP contribution is -1.73. The van der Waals surface area contributed by atoms with Crippen molar-refractivity contribution in [2.45, 2.75) is 4.90 Å². The highest BCUT2D eigenvalue weighted by molar-refractivity contribution is 14.1. The molecule has 2 aromatic rings. The minimum absolute atomic E-state index is 0.738. The smallest absolute Gasteiger partial charge is 0.0991 e. The molecule has 0 N–H and O–H groups in total. The molecule has 2 rings (SSSR count). The molecule has 0 radical (unpaired) electrons. The molecule has 0 aliphatic heterocycles. The number of fused-ring (bicyclic) bond motifs is 1. The first kappa shape index (κ1) is 10.3. The third-order valence-electron chi connectivity index (χ3n) is 1.94. The Labute approximate surface area is 104 Å². The van der Waals surface area contributed by atoms with Gasteiger partial charge in [0, 0.05) is 15.0 Å². The zero-order valence-corrected chi connectivity index (χ0v) is 11.2.